The molecular formula is C19H18N6O3. The van der Waals surface area contributed by atoms with Gasteiger partial charge in [0.05, 0.1) is 5.56 Å². The van der Waals surface area contributed by atoms with E-state index in [2.05, 4.69) is 25.6 Å². The number of carbonyl (C=O) groups excluding carboxylic acids is 2. The Bertz CT molecular complexity index is 994. The van der Waals surface area contributed by atoms with Gasteiger partial charge < -0.3 is 21.1 Å². The molecule has 0 saturated carbocycles. The van der Waals surface area contributed by atoms with Crippen LogP contribution >= 0.6 is 0 Å². The van der Waals surface area contributed by atoms with Gasteiger partial charge in [0.1, 0.15) is 0 Å². The molecule has 0 atom stereocenters. The third kappa shape index (κ3) is 5.24. The molecule has 3 aromatic rings. The van der Waals surface area contributed by atoms with Gasteiger partial charge >= 0.3 is 5.97 Å². The van der Waals surface area contributed by atoms with E-state index in [9.17, 15) is 9.59 Å². The average Bonchev–Trinajstić information content (AvgIpc) is 2.66. The van der Waals surface area contributed by atoms with Gasteiger partial charge in [-0.3, -0.25) is 4.79 Å². The highest BCUT2D eigenvalue weighted by atomic mass is 16.5. The van der Waals surface area contributed by atoms with Crippen molar-refractivity contribution in [2.45, 2.75) is 13.5 Å². The fourth-order valence-electron chi connectivity index (χ4n) is 2.35. The number of carbonyl (C=O) groups is 2. The zero-order valence-corrected chi connectivity index (χ0v) is 15.0. The summed E-state index contributed by atoms with van der Waals surface area (Å²) in [5.74, 6) is -0.352. The fraction of sp³-hybridized carbons (Fsp3) is 0.105. The minimum absolute atomic E-state index is 0.00661. The lowest BCUT2D eigenvalue weighted by Gasteiger charge is -2.09. The highest BCUT2D eigenvalue weighted by molar-refractivity contribution is 5.93. The maximum atomic E-state index is 12.3. The summed E-state index contributed by atoms with van der Waals surface area (Å²) in [6.45, 7) is 1.20. The summed E-state index contributed by atoms with van der Waals surface area (Å²) in [7, 11) is 0. The number of nitrogens with zero attached hydrogens (tertiary/aromatic N) is 3. The number of nitrogens with one attached hydrogen (secondary N) is 2. The molecule has 0 bridgehead atoms. The first-order chi connectivity index (χ1) is 13.5. The standard InChI is InChI=1S/C19H18N6O3/c1-12(26)21-15-9-5-6-13(10-15)17(27)28-11-16-23-18(20)25-19(24-16)22-14-7-3-2-4-8-14/h2-10H,11H2,1H3,(H,21,26)(H3,20,22,23,24,25). The average molecular weight is 378 g/mol. The van der Waals surface area contributed by atoms with E-state index in [1.807, 2.05) is 30.3 Å². The summed E-state index contributed by atoms with van der Waals surface area (Å²) in [6.07, 6.45) is 0. The first kappa shape index (κ1) is 18.8. The Morgan fingerprint density at radius 2 is 1.75 bits per heavy atom. The fourth-order valence-corrected chi connectivity index (χ4v) is 2.35. The van der Waals surface area contributed by atoms with Gasteiger partial charge in [0.2, 0.25) is 17.8 Å². The Balaban J connectivity index is 1.67. The lowest BCUT2D eigenvalue weighted by molar-refractivity contribution is -0.114. The van der Waals surface area contributed by atoms with Crippen LogP contribution in [0.5, 0.6) is 0 Å². The number of nitrogen functional groups attached to an aromatic ring is 1. The second-order valence-electron chi connectivity index (χ2n) is 5.76. The summed E-state index contributed by atoms with van der Waals surface area (Å²) in [4.78, 5) is 35.6. The van der Waals surface area contributed by atoms with Gasteiger partial charge in [0.25, 0.3) is 0 Å². The van der Waals surface area contributed by atoms with Crippen molar-refractivity contribution in [1.29, 1.82) is 0 Å². The number of esters is 1. The Hall–Kier alpha value is -4.01. The van der Waals surface area contributed by atoms with Crippen molar-refractivity contribution in [3.8, 4) is 0 Å². The van der Waals surface area contributed by atoms with Crippen molar-refractivity contribution < 1.29 is 14.3 Å². The topological polar surface area (TPSA) is 132 Å². The molecule has 0 aliphatic heterocycles. The highest BCUT2D eigenvalue weighted by Crippen LogP contribution is 2.14. The Morgan fingerprint density at radius 1 is 1.00 bits per heavy atom. The zero-order chi connectivity index (χ0) is 19.9. The number of benzene rings is 2. The molecule has 3 rings (SSSR count). The van der Waals surface area contributed by atoms with Crippen LogP contribution in [0, 0.1) is 0 Å². The second-order valence-corrected chi connectivity index (χ2v) is 5.76. The smallest absolute Gasteiger partial charge is 0.338 e. The summed E-state index contributed by atoms with van der Waals surface area (Å²) >= 11 is 0. The number of amides is 1. The van der Waals surface area contributed by atoms with Crippen LogP contribution in [0.25, 0.3) is 0 Å². The summed E-state index contributed by atoms with van der Waals surface area (Å²) in [5.41, 5.74) is 7.29. The van der Waals surface area contributed by atoms with Gasteiger partial charge in [-0.15, -0.1) is 0 Å². The van der Waals surface area contributed by atoms with E-state index in [0.29, 0.717) is 5.69 Å². The van der Waals surface area contributed by atoms with E-state index in [4.69, 9.17) is 10.5 Å². The van der Waals surface area contributed by atoms with Gasteiger partial charge in [-0.1, -0.05) is 24.3 Å². The number of aromatic nitrogens is 3. The molecule has 0 radical (unpaired) electrons. The predicted octanol–water partition coefficient (Wildman–Crippen LogP) is 2.51. The number of hydrogen-bond donors (Lipinski definition) is 3. The van der Waals surface area contributed by atoms with Crippen molar-refractivity contribution in [2.24, 2.45) is 0 Å². The van der Waals surface area contributed by atoms with Crippen molar-refractivity contribution in [2.75, 3.05) is 16.4 Å². The minimum Gasteiger partial charge on any atom is -0.454 e. The highest BCUT2D eigenvalue weighted by Gasteiger charge is 2.11. The van der Waals surface area contributed by atoms with Crippen LogP contribution in [0.2, 0.25) is 0 Å². The van der Waals surface area contributed by atoms with Gasteiger partial charge in [-0.05, 0) is 30.3 Å². The molecule has 1 heterocycles. The van der Waals surface area contributed by atoms with Crippen LogP contribution < -0.4 is 16.4 Å². The van der Waals surface area contributed by atoms with Gasteiger partial charge in [-0.2, -0.15) is 15.0 Å². The van der Waals surface area contributed by atoms with E-state index >= 15 is 0 Å². The van der Waals surface area contributed by atoms with Crippen LogP contribution in [0.3, 0.4) is 0 Å². The lowest BCUT2D eigenvalue weighted by atomic mass is 10.2. The minimum atomic E-state index is -0.580. The summed E-state index contributed by atoms with van der Waals surface area (Å²) < 4.78 is 5.25. The first-order valence-corrected chi connectivity index (χ1v) is 8.37. The maximum Gasteiger partial charge on any atom is 0.338 e. The van der Waals surface area contributed by atoms with Crippen molar-refractivity contribution >= 4 is 35.1 Å². The van der Waals surface area contributed by atoms with Gasteiger partial charge in [-0.25, -0.2) is 4.79 Å². The molecule has 2 aromatic carbocycles. The quantitative estimate of drug-likeness (QED) is 0.557. The third-order valence-corrected chi connectivity index (χ3v) is 3.48. The van der Waals surface area contributed by atoms with Gasteiger partial charge in [0, 0.05) is 18.3 Å². The molecule has 1 aromatic heterocycles. The molecule has 9 nitrogen and oxygen atoms in total. The molecule has 1 amide bonds. The van der Waals surface area contributed by atoms with E-state index in [1.165, 1.54) is 13.0 Å². The van der Waals surface area contributed by atoms with Crippen molar-refractivity contribution in [1.82, 2.24) is 15.0 Å². The molecule has 0 unspecified atom stereocenters. The number of para-hydroxylation sites is 1. The van der Waals surface area contributed by atoms with E-state index < -0.39 is 5.97 Å². The first-order valence-electron chi connectivity index (χ1n) is 8.37. The van der Waals surface area contributed by atoms with Gasteiger partial charge in [0.15, 0.2) is 12.4 Å². The Labute approximate surface area is 161 Å². The normalized spacial score (nSPS) is 10.2. The molecule has 0 aliphatic rings. The van der Waals surface area contributed by atoms with E-state index in [0.717, 1.165) is 5.69 Å². The van der Waals surface area contributed by atoms with Crippen LogP contribution in [0.15, 0.2) is 54.6 Å². The summed E-state index contributed by atoms with van der Waals surface area (Å²) in [6, 6.07) is 15.7. The van der Waals surface area contributed by atoms with Crippen LogP contribution in [0.4, 0.5) is 23.3 Å². The molecule has 0 spiro atoms. The largest absolute Gasteiger partial charge is 0.454 e. The molecule has 9 heteroatoms. The zero-order valence-electron chi connectivity index (χ0n) is 15.0. The maximum absolute atomic E-state index is 12.3. The molecule has 0 saturated heterocycles. The van der Waals surface area contributed by atoms with Crippen LogP contribution in [-0.2, 0) is 16.1 Å². The van der Waals surface area contributed by atoms with Crippen molar-refractivity contribution in [3.05, 3.63) is 66.0 Å². The number of ether oxygens (including phenoxy) is 1. The Morgan fingerprint density at radius 3 is 2.50 bits per heavy atom. The van der Waals surface area contributed by atoms with E-state index in [-0.39, 0.29) is 35.8 Å². The van der Waals surface area contributed by atoms with Crippen LogP contribution in [-0.4, -0.2) is 26.8 Å². The number of rotatable bonds is 6. The van der Waals surface area contributed by atoms with E-state index in [1.54, 1.807) is 18.2 Å². The SMILES string of the molecule is CC(=O)Nc1cccc(C(=O)OCc2nc(N)nc(Nc3ccccc3)n2)c1. The second kappa shape index (κ2) is 8.58. The molecule has 0 aliphatic carbocycles. The van der Waals surface area contributed by atoms with Crippen molar-refractivity contribution in [3.63, 3.8) is 0 Å². The molecule has 142 valence electrons. The Kier molecular flexibility index (Phi) is 5.75. The van der Waals surface area contributed by atoms with Crippen LogP contribution in [0.1, 0.15) is 23.1 Å². The predicted molar refractivity (Wildman–Crippen MR) is 104 cm³/mol. The number of anilines is 4. The monoisotopic (exact) mass is 378 g/mol. The molecule has 28 heavy (non-hydrogen) atoms. The summed E-state index contributed by atoms with van der Waals surface area (Å²) in [5, 5.41) is 5.61. The number of hydrogen-bond acceptors (Lipinski definition) is 8. The molecule has 0 fully saturated rings. The number of nitrogens with two attached hydrogens (primary N) is 1. The lowest BCUT2D eigenvalue weighted by Crippen LogP contribution is -2.12. The third-order valence-electron chi connectivity index (χ3n) is 3.48. The molecule has 4 N–H and O–H groups in total. The molecular weight excluding hydrogens is 360 g/mol.